The van der Waals surface area contributed by atoms with Gasteiger partial charge in [0, 0.05) is 40.5 Å². The topological polar surface area (TPSA) is 123 Å². The van der Waals surface area contributed by atoms with Crippen LogP contribution in [-0.4, -0.2) is 27.7 Å². The maximum Gasteiger partial charge on any atom is 0.292 e. The molecular weight excluding hydrogens is 454 g/mol. The van der Waals surface area contributed by atoms with E-state index < -0.39 is 5.91 Å². The van der Waals surface area contributed by atoms with Gasteiger partial charge in [0.25, 0.3) is 11.8 Å². The summed E-state index contributed by atoms with van der Waals surface area (Å²) in [6.45, 7) is 3.53. The summed E-state index contributed by atoms with van der Waals surface area (Å²) >= 11 is 3.29. The van der Waals surface area contributed by atoms with Gasteiger partial charge >= 0.3 is 0 Å². The quantitative estimate of drug-likeness (QED) is 0.558. The lowest BCUT2D eigenvalue weighted by Crippen LogP contribution is -2.22. The van der Waals surface area contributed by atoms with Crippen LogP contribution < -0.4 is 10.7 Å². The van der Waals surface area contributed by atoms with Crippen LogP contribution >= 0.6 is 15.9 Å². The van der Waals surface area contributed by atoms with Crippen LogP contribution in [0.15, 0.2) is 43.0 Å². The molecule has 0 bridgehead atoms. The molecule has 4 rings (SSSR count). The molecule has 154 valence electrons. The summed E-state index contributed by atoms with van der Waals surface area (Å²) < 4.78 is 11.5. The van der Waals surface area contributed by atoms with Gasteiger partial charge in [0.2, 0.25) is 0 Å². The predicted octanol–water partition coefficient (Wildman–Crippen LogP) is 3.76. The normalized spacial score (nSPS) is 14.4. The Morgan fingerprint density at radius 1 is 1.17 bits per heavy atom. The molecular formula is C20H18BrN5O4. The minimum Gasteiger partial charge on any atom is -0.455 e. The summed E-state index contributed by atoms with van der Waals surface area (Å²) in [6, 6.07) is 3.28. The number of rotatable bonds is 4. The monoisotopic (exact) mass is 471 g/mol. The SMILES string of the molecule is Cc1cc(NC(=O)c2oc3c(c2C)/C(=N/NC(=O)c2cncc(Br)c2)CCC3)no1. The number of furan rings is 1. The van der Waals surface area contributed by atoms with Gasteiger partial charge in [-0.15, -0.1) is 0 Å². The molecule has 1 aliphatic carbocycles. The highest BCUT2D eigenvalue weighted by Gasteiger charge is 2.28. The third kappa shape index (κ3) is 4.04. The number of amides is 2. The summed E-state index contributed by atoms with van der Waals surface area (Å²) in [5.41, 5.74) is 5.05. The van der Waals surface area contributed by atoms with Crippen LogP contribution in [0.2, 0.25) is 0 Å². The molecule has 1 aliphatic rings. The van der Waals surface area contributed by atoms with Crippen LogP contribution in [0.5, 0.6) is 0 Å². The van der Waals surface area contributed by atoms with Crippen LogP contribution in [0.25, 0.3) is 0 Å². The van der Waals surface area contributed by atoms with Gasteiger partial charge in [0.1, 0.15) is 11.5 Å². The number of anilines is 1. The number of pyridine rings is 1. The van der Waals surface area contributed by atoms with Crippen molar-refractivity contribution < 1.29 is 18.5 Å². The van der Waals surface area contributed by atoms with E-state index in [1.54, 1.807) is 32.2 Å². The maximum absolute atomic E-state index is 12.6. The number of fused-ring (bicyclic) bond motifs is 1. The standard InChI is InChI=1S/C20H18BrN5O4/c1-10-6-16(26-30-10)23-20(28)18-11(2)17-14(4-3-5-15(17)29-18)24-25-19(27)12-7-13(21)9-22-8-12/h6-9H,3-5H2,1-2H3,(H,25,27)(H,23,26,28)/b24-14+. The summed E-state index contributed by atoms with van der Waals surface area (Å²) in [4.78, 5) is 29.0. The molecule has 3 aromatic rings. The minimum absolute atomic E-state index is 0.192. The third-order valence-corrected chi connectivity index (χ3v) is 5.09. The fraction of sp³-hybridized carbons (Fsp3) is 0.250. The number of halogens is 1. The highest BCUT2D eigenvalue weighted by molar-refractivity contribution is 9.10. The Bertz CT molecular complexity index is 1160. The van der Waals surface area contributed by atoms with Crippen molar-refractivity contribution in [2.24, 2.45) is 5.10 Å². The molecule has 0 saturated heterocycles. The van der Waals surface area contributed by atoms with Gasteiger partial charge in [-0.25, -0.2) is 5.43 Å². The van der Waals surface area contributed by atoms with Gasteiger partial charge in [0.15, 0.2) is 11.6 Å². The van der Waals surface area contributed by atoms with Crippen molar-refractivity contribution in [3.63, 3.8) is 0 Å². The Morgan fingerprint density at radius 2 is 2.00 bits per heavy atom. The summed E-state index contributed by atoms with van der Waals surface area (Å²) in [6.07, 6.45) is 5.21. The number of hydrogen-bond acceptors (Lipinski definition) is 7. The lowest BCUT2D eigenvalue weighted by molar-refractivity contribution is 0.0953. The Balaban J connectivity index is 1.57. The van der Waals surface area contributed by atoms with Crippen molar-refractivity contribution in [1.82, 2.24) is 15.6 Å². The molecule has 9 nitrogen and oxygen atoms in total. The van der Waals surface area contributed by atoms with Crippen LogP contribution in [0.4, 0.5) is 5.82 Å². The highest BCUT2D eigenvalue weighted by Crippen LogP contribution is 2.30. The molecule has 0 aliphatic heterocycles. The average Bonchev–Trinajstić information content (AvgIpc) is 3.29. The molecule has 2 amide bonds. The van der Waals surface area contributed by atoms with E-state index in [9.17, 15) is 9.59 Å². The third-order valence-electron chi connectivity index (χ3n) is 4.66. The number of nitrogens with one attached hydrogen (secondary N) is 2. The zero-order valence-corrected chi connectivity index (χ0v) is 17.9. The molecule has 3 heterocycles. The van der Waals surface area contributed by atoms with Gasteiger partial charge in [-0.05, 0) is 48.7 Å². The number of aromatic nitrogens is 2. The van der Waals surface area contributed by atoms with Crippen molar-refractivity contribution in [3.05, 3.63) is 63.0 Å². The largest absolute Gasteiger partial charge is 0.455 e. The Kier molecular flexibility index (Phi) is 5.49. The first-order valence-electron chi connectivity index (χ1n) is 9.27. The first kappa shape index (κ1) is 20.0. The zero-order valence-electron chi connectivity index (χ0n) is 16.3. The molecule has 0 unspecified atom stereocenters. The number of hydrogen-bond donors (Lipinski definition) is 2. The van der Waals surface area contributed by atoms with Crippen LogP contribution in [-0.2, 0) is 6.42 Å². The van der Waals surface area contributed by atoms with E-state index >= 15 is 0 Å². The summed E-state index contributed by atoms with van der Waals surface area (Å²) in [7, 11) is 0. The zero-order chi connectivity index (χ0) is 21.3. The van der Waals surface area contributed by atoms with E-state index in [4.69, 9.17) is 8.94 Å². The number of hydrazone groups is 1. The van der Waals surface area contributed by atoms with E-state index in [1.807, 2.05) is 0 Å². The smallest absolute Gasteiger partial charge is 0.292 e. The summed E-state index contributed by atoms with van der Waals surface area (Å²) in [5.74, 6) is 0.986. The highest BCUT2D eigenvalue weighted by atomic mass is 79.9. The average molecular weight is 472 g/mol. The minimum atomic E-state index is -0.418. The number of aryl methyl sites for hydroxylation is 2. The van der Waals surface area contributed by atoms with Gasteiger partial charge in [-0.3, -0.25) is 14.6 Å². The van der Waals surface area contributed by atoms with Crippen molar-refractivity contribution in [3.8, 4) is 0 Å². The first-order valence-corrected chi connectivity index (χ1v) is 10.1. The Morgan fingerprint density at radius 3 is 2.73 bits per heavy atom. The molecule has 10 heteroatoms. The second-order valence-corrected chi connectivity index (χ2v) is 7.79. The summed E-state index contributed by atoms with van der Waals surface area (Å²) in [5, 5.41) is 10.7. The van der Waals surface area contributed by atoms with Crippen LogP contribution in [0.1, 0.15) is 56.4 Å². The van der Waals surface area contributed by atoms with E-state index in [2.05, 4.69) is 41.9 Å². The fourth-order valence-corrected chi connectivity index (χ4v) is 3.68. The fourth-order valence-electron chi connectivity index (χ4n) is 3.31. The van der Waals surface area contributed by atoms with E-state index in [-0.39, 0.29) is 11.7 Å². The second-order valence-electron chi connectivity index (χ2n) is 6.88. The Hall–Kier alpha value is -3.27. The lowest BCUT2D eigenvalue weighted by atomic mass is 9.93. The van der Waals surface area contributed by atoms with Gasteiger partial charge in [-0.2, -0.15) is 5.10 Å². The van der Waals surface area contributed by atoms with Crippen LogP contribution in [0.3, 0.4) is 0 Å². The second kappa shape index (κ2) is 8.23. The van der Waals surface area contributed by atoms with Crippen molar-refractivity contribution in [2.45, 2.75) is 33.1 Å². The Labute approximate surface area is 180 Å². The maximum atomic E-state index is 12.6. The number of carbonyl (C=O) groups excluding carboxylic acids is 2. The molecule has 2 N–H and O–H groups in total. The van der Waals surface area contributed by atoms with E-state index in [1.165, 1.54) is 6.20 Å². The van der Waals surface area contributed by atoms with E-state index in [0.29, 0.717) is 51.5 Å². The van der Waals surface area contributed by atoms with Crippen molar-refractivity contribution in [2.75, 3.05) is 5.32 Å². The molecule has 0 saturated carbocycles. The first-order chi connectivity index (χ1) is 14.4. The molecule has 0 atom stereocenters. The molecule has 0 spiro atoms. The molecule has 0 radical (unpaired) electrons. The molecule has 0 aromatic carbocycles. The van der Waals surface area contributed by atoms with E-state index in [0.717, 1.165) is 12.0 Å². The van der Waals surface area contributed by atoms with Crippen molar-refractivity contribution in [1.29, 1.82) is 0 Å². The molecule has 3 aromatic heterocycles. The molecule has 30 heavy (non-hydrogen) atoms. The predicted molar refractivity (Wildman–Crippen MR) is 112 cm³/mol. The molecule has 0 fully saturated rings. The van der Waals surface area contributed by atoms with Gasteiger partial charge < -0.3 is 14.3 Å². The van der Waals surface area contributed by atoms with Gasteiger partial charge in [0.05, 0.1) is 11.3 Å². The van der Waals surface area contributed by atoms with Crippen molar-refractivity contribution >= 4 is 39.3 Å². The van der Waals surface area contributed by atoms with Gasteiger partial charge in [-0.1, -0.05) is 5.16 Å². The number of nitrogens with zero attached hydrogens (tertiary/aromatic N) is 3. The lowest BCUT2D eigenvalue weighted by Gasteiger charge is -2.13. The van der Waals surface area contributed by atoms with Crippen LogP contribution in [0, 0.1) is 13.8 Å². The number of carbonyl (C=O) groups is 2.